The van der Waals surface area contributed by atoms with Crippen LogP contribution in [0.25, 0.3) is 11.3 Å². The number of imide groups is 1. The molecule has 3 atom stereocenters. The van der Waals surface area contributed by atoms with Gasteiger partial charge in [-0.2, -0.15) is 8.78 Å². The van der Waals surface area contributed by atoms with E-state index in [0.717, 1.165) is 0 Å². The third kappa shape index (κ3) is 2.76. The number of hydrogen-bond donors (Lipinski definition) is 2. The number of alkyl halides is 2. The molecule has 0 bridgehead atoms. The lowest BCUT2D eigenvalue weighted by molar-refractivity contribution is -0.140. The molecule has 1 spiro atoms. The van der Waals surface area contributed by atoms with E-state index in [1.54, 1.807) is 30.0 Å². The zero-order valence-electron chi connectivity index (χ0n) is 19.3. The molecule has 2 N–H and O–H groups in total. The standard InChI is InChI=1S/C24H23F2N5O5/c1-11-16(32)7-30(11)21-27-18(14-4-5-24(25,26)19(14)28-21)12-2-3-15-17(6-12)36-10-23(15)20(33)31(22(34)29-23)13-8-35-9-13/h2-3,6,11,13,16,32H,4-5,7-10H2,1H3,(H,29,34)/t11-,16+,23?/m0/s1. The average molecular weight is 499 g/mol. The van der Waals surface area contributed by atoms with Gasteiger partial charge in [0.2, 0.25) is 5.95 Å². The Bertz CT molecular complexity index is 1330. The molecule has 5 heterocycles. The van der Waals surface area contributed by atoms with Crippen LogP contribution in [0.1, 0.15) is 30.2 Å². The smallest absolute Gasteiger partial charge is 0.325 e. The van der Waals surface area contributed by atoms with Gasteiger partial charge in [0.05, 0.1) is 37.1 Å². The molecular formula is C24H23F2N5O5. The molecule has 1 aromatic carbocycles. The number of β-amino-alcohol motifs (C(OH)–C–C–N with tert-alkyl or cyclic N) is 1. The summed E-state index contributed by atoms with van der Waals surface area (Å²) in [6.45, 7) is 2.61. The number of rotatable bonds is 3. The van der Waals surface area contributed by atoms with Crippen LogP contribution in [0.4, 0.5) is 19.5 Å². The van der Waals surface area contributed by atoms with E-state index >= 15 is 0 Å². The van der Waals surface area contributed by atoms with Gasteiger partial charge in [-0.1, -0.05) is 12.1 Å². The number of carbonyl (C=O) groups excluding carboxylic acids is 2. The molecule has 0 saturated carbocycles. The van der Waals surface area contributed by atoms with E-state index in [1.807, 2.05) is 0 Å². The van der Waals surface area contributed by atoms with Gasteiger partial charge < -0.3 is 24.8 Å². The number of amides is 3. The Morgan fingerprint density at radius 1 is 1.22 bits per heavy atom. The van der Waals surface area contributed by atoms with Crippen LogP contribution in [0, 0.1) is 0 Å². The normalized spacial score (nSPS) is 30.1. The summed E-state index contributed by atoms with van der Waals surface area (Å²) in [4.78, 5) is 37.7. The number of halogens is 2. The minimum atomic E-state index is -3.07. The predicted molar refractivity (Wildman–Crippen MR) is 120 cm³/mol. The SMILES string of the molecule is C[C@H]1[C@H](O)CN1c1nc(-c2ccc3c(c2)OCC32NC(=O)N(C3COC3)C2=O)c2c(n1)C(F)(F)CC2. The van der Waals surface area contributed by atoms with E-state index < -0.39 is 23.6 Å². The first-order chi connectivity index (χ1) is 17.2. The van der Waals surface area contributed by atoms with Gasteiger partial charge in [-0.25, -0.2) is 14.8 Å². The first-order valence-electron chi connectivity index (χ1n) is 11.9. The lowest BCUT2D eigenvalue weighted by Crippen LogP contribution is -2.59. The number of nitrogens with one attached hydrogen (secondary N) is 1. The molecule has 1 aromatic heterocycles. The maximum absolute atomic E-state index is 14.7. The summed E-state index contributed by atoms with van der Waals surface area (Å²) in [6, 6.07) is 4.01. The number of nitrogens with zero attached hydrogens (tertiary/aromatic N) is 4. The number of benzene rings is 1. The van der Waals surface area contributed by atoms with Crippen molar-refractivity contribution in [2.45, 2.75) is 49.4 Å². The van der Waals surface area contributed by atoms with Crippen LogP contribution in [-0.4, -0.2) is 76.5 Å². The molecule has 7 rings (SSSR count). The number of anilines is 1. The van der Waals surface area contributed by atoms with Crippen molar-refractivity contribution >= 4 is 17.9 Å². The molecule has 3 saturated heterocycles. The highest BCUT2D eigenvalue weighted by molar-refractivity contribution is 6.08. The third-order valence-corrected chi connectivity index (χ3v) is 7.99. The largest absolute Gasteiger partial charge is 0.490 e. The van der Waals surface area contributed by atoms with Crippen molar-refractivity contribution in [3.8, 4) is 17.0 Å². The highest BCUT2D eigenvalue weighted by atomic mass is 19.3. The Morgan fingerprint density at radius 2 is 2.03 bits per heavy atom. The number of aliphatic hydroxyl groups excluding tert-OH is 1. The molecule has 2 aromatic rings. The monoisotopic (exact) mass is 499 g/mol. The molecule has 3 amide bonds. The van der Waals surface area contributed by atoms with Gasteiger partial charge in [0.1, 0.15) is 18.1 Å². The molecular weight excluding hydrogens is 476 g/mol. The summed E-state index contributed by atoms with van der Waals surface area (Å²) in [5, 5.41) is 12.7. The van der Waals surface area contributed by atoms with Crippen molar-refractivity contribution in [3.63, 3.8) is 0 Å². The Labute approximate surface area is 204 Å². The van der Waals surface area contributed by atoms with Gasteiger partial charge in [0, 0.05) is 29.7 Å². The summed E-state index contributed by atoms with van der Waals surface area (Å²) in [6.07, 6.45) is -0.789. The van der Waals surface area contributed by atoms with Gasteiger partial charge >= 0.3 is 6.03 Å². The molecule has 188 valence electrons. The summed E-state index contributed by atoms with van der Waals surface area (Å²) >= 11 is 0. The maximum Gasteiger partial charge on any atom is 0.325 e. The van der Waals surface area contributed by atoms with E-state index in [1.165, 1.54) is 4.90 Å². The summed E-state index contributed by atoms with van der Waals surface area (Å²) < 4.78 is 40.5. The topological polar surface area (TPSA) is 117 Å². The molecule has 0 radical (unpaired) electrons. The molecule has 12 heteroatoms. The lowest BCUT2D eigenvalue weighted by atomic mass is 9.90. The lowest BCUT2D eigenvalue weighted by Gasteiger charge is -2.43. The van der Waals surface area contributed by atoms with Crippen LogP contribution in [-0.2, 0) is 27.4 Å². The van der Waals surface area contributed by atoms with E-state index in [4.69, 9.17) is 9.47 Å². The molecule has 1 aliphatic carbocycles. The van der Waals surface area contributed by atoms with Gasteiger partial charge in [-0.3, -0.25) is 9.69 Å². The van der Waals surface area contributed by atoms with Crippen molar-refractivity contribution in [1.82, 2.24) is 20.2 Å². The second-order valence-electron chi connectivity index (χ2n) is 10.1. The van der Waals surface area contributed by atoms with Gasteiger partial charge in [0.15, 0.2) is 5.54 Å². The zero-order chi connectivity index (χ0) is 25.0. The van der Waals surface area contributed by atoms with Gasteiger partial charge in [-0.05, 0) is 19.4 Å². The fraction of sp³-hybridized carbons (Fsp3) is 0.500. The molecule has 10 nitrogen and oxygen atoms in total. The fourth-order valence-electron chi connectivity index (χ4n) is 5.62. The second-order valence-corrected chi connectivity index (χ2v) is 10.1. The zero-order valence-corrected chi connectivity index (χ0v) is 19.3. The maximum atomic E-state index is 14.7. The van der Waals surface area contributed by atoms with Crippen LogP contribution in [0.2, 0.25) is 0 Å². The number of fused-ring (bicyclic) bond motifs is 3. The van der Waals surface area contributed by atoms with E-state index in [-0.39, 0.29) is 55.6 Å². The fourth-order valence-corrected chi connectivity index (χ4v) is 5.62. The number of carbonyl (C=O) groups is 2. The van der Waals surface area contributed by atoms with Crippen molar-refractivity contribution in [1.29, 1.82) is 0 Å². The number of ether oxygens (including phenoxy) is 2. The van der Waals surface area contributed by atoms with Gasteiger partial charge in [-0.15, -0.1) is 0 Å². The molecule has 3 fully saturated rings. The van der Waals surface area contributed by atoms with Crippen molar-refractivity contribution in [2.24, 2.45) is 0 Å². The minimum Gasteiger partial charge on any atom is -0.490 e. The van der Waals surface area contributed by atoms with E-state index in [2.05, 4.69) is 15.3 Å². The first kappa shape index (κ1) is 21.9. The Kier molecular flexibility index (Phi) is 4.31. The quantitative estimate of drug-likeness (QED) is 0.607. The van der Waals surface area contributed by atoms with E-state index in [0.29, 0.717) is 41.3 Å². The van der Waals surface area contributed by atoms with E-state index in [9.17, 15) is 23.5 Å². The summed E-state index contributed by atoms with van der Waals surface area (Å²) in [5.74, 6) is -2.92. The summed E-state index contributed by atoms with van der Waals surface area (Å²) in [5.41, 5.74) is 0.219. The predicted octanol–water partition coefficient (Wildman–Crippen LogP) is 1.29. The number of hydrogen-bond acceptors (Lipinski definition) is 8. The van der Waals surface area contributed by atoms with Crippen LogP contribution in [0.3, 0.4) is 0 Å². The second kappa shape index (κ2) is 7.10. The molecule has 1 unspecified atom stereocenters. The number of urea groups is 1. The Morgan fingerprint density at radius 3 is 2.72 bits per heavy atom. The average Bonchev–Trinajstić information content (AvgIpc) is 3.43. The Balaban J connectivity index is 1.29. The number of aliphatic hydroxyl groups is 1. The highest BCUT2D eigenvalue weighted by Gasteiger charge is 2.59. The Hall–Kier alpha value is -3.38. The molecule has 36 heavy (non-hydrogen) atoms. The van der Waals surface area contributed by atoms with Crippen molar-refractivity contribution in [3.05, 3.63) is 35.0 Å². The van der Waals surface area contributed by atoms with Crippen molar-refractivity contribution < 1.29 is 33.0 Å². The summed E-state index contributed by atoms with van der Waals surface area (Å²) in [7, 11) is 0. The highest BCUT2D eigenvalue weighted by Crippen LogP contribution is 2.47. The minimum absolute atomic E-state index is 0.0607. The molecule has 5 aliphatic rings. The van der Waals surface area contributed by atoms with Gasteiger partial charge in [0.25, 0.3) is 11.8 Å². The van der Waals surface area contributed by atoms with Crippen molar-refractivity contribution in [2.75, 3.05) is 31.3 Å². The molecule has 4 aliphatic heterocycles. The first-order valence-corrected chi connectivity index (χ1v) is 11.9. The van der Waals surface area contributed by atoms with Crippen LogP contribution in [0.5, 0.6) is 5.75 Å². The van der Waals surface area contributed by atoms with Crippen LogP contribution in [0.15, 0.2) is 18.2 Å². The number of aromatic nitrogens is 2. The van der Waals surface area contributed by atoms with Crippen LogP contribution < -0.4 is 15.0 Å². The van der Waals surface area contributed by atoms with Crippen LogP contribution >= 0.6 is 0 Å². The third-order valence-electron chi connectivity index (χ3n) is 7.99.